The Morgan fingerprint density at radius 1 is 1.09 bits per heavy atom. The minimum atomic E-state index is -0.280. The van der Waals surface area contributed by atoms with Gasteiger partial charge in [0.15, 0.2) is 0 Å². The molecule has 0 aromatic carbocycles. The molecule has 2 aliphatic rings. The molecule has 0 atom stereocenters. The number of nitrogens with zero attached hydrogens (tertiary/aromatic N) is 1. The van der Waals surface area contributed by atoms with Crippen molar-refractivity contribution in [2.75, 3.05) is 19.6 Å². The van der Waals surface area contributed by atoms with Gasteiger partial charge in [-0.25, -0.2) is 0 Å². The number of carbonyl (C=O) groups excluding carboxylic acids is 2. The van der Waals surface area contributed by atoms with E-state index in [1.807, 2.05) is 0 Å². The molecule has 2 amide bonds. The summed E-state index contributed by atoms with van der Waals surface area (Å²) >= 11 is 0. The van der Waals surface area contributed by atoms with Crippen LogP contribution >= 0.6 is 0 Å². The van der Waals surface area contributed by atoms with Crippen molar-refractivity contribution in [2.45, 2.75) is 59.5 Å². The number of aliphatic hydroxyl groups is 1. The fourth-order valence-corrected chi connectivity index (χ4v) is 3.64. The zero-order chi connectivity index (χ0) is 16.5. The predicted molar refractivity (Wildman–Crippen MR) is 85.1 cm³/mol. The summed E-state index contributed by atoms with van der Waals surface area (Å²) in [6, 6.07) is 0. The van der Waals surface area contributed by atoms with Crippen LogP contribution in [0.1, 0.15) is 53.4 Å². The van der Waals surface area contributed by atoms with E-state index in [0.29, 0.717) is 38.4 Å². The summed E-state index contributed by atoms with van der Waals surface area (Å²) in [5.74, 6) is 0.487. The second-order valence-corrected chi connectivity index (χ2v) is 7.91. The van der Waals surface area contributed by atoms with Gasteiger partial charge in [-0.05, 0) is 29.6 Å². The molecule has 0 aromatic rings. The molecule has 2 fully saturated rings. The number of hydrogen-bond donors (Lipinski definition) is 2. The topological polar surface area (TPSA) is 69.6 Å². The number of amides is 2. The van der Waals surface area contributed by atoms with Gasteiger partial charge in [0.1, 0.15) is 0 Å². The van der Waals surface area contributed by atoms with Crippen molar-refractivity contribution in [3.05, 3.63) is 0 Å². The van der Waals surface area contributed by atoms with E-state index in [2.05, 4.69) is 33.0 Å². The average molecular weight is 310 g/mol. The van der Waals surface area contributed by atoms with E-state index in [-0.39, 0.29) is 41.6 Å². The molecule has 2 N–H and O–H groups in total. The number of piperidine rings is 1. The molecule has 1 saturated heterocycles. The lowest BCUT2D eigenvalue weighted by atomic mass is 10.0. The van der Waals surface area contributed by atoms with Gasteiger partial charge in [0, 0.05) is 32.5 Å². The number of aliphatic hydroxyl groups excluding tert-OH is 1. The first-order chi connectivity index (χ1) is 10.2. The molecule has 1 aliphatic heterocycles. The normalized spacial score (nSPS) is 24.1. The maximum Gasteiger partial charge on any atom is 0.223 e. The minimum Gasteiger partial charge on any atom is -0.393 e. The van der Waals surface area contributed by atoms with E-state index >= 15 is 0 Å². The Bertz CT molecular complexity index is 423. The van der Waals surface area contributed by atoms with E-state index < -0.39 is 0 Å². The summed E-state index contributed by atoms with van der Waals surface area (Å²) in [7, 11) is 0. The largest absolute Gasteiger partial charge is 0.393 e. The van der Waals surface area contributed by atoms with Crippen LogP contribution < -0.4 is 5.32 Å². The van der Waals surface area contributed by atoms with Crippen molar-refractivity contribution in [2.24, 2.45) is 16.7 Å². The summed E-state index contributed by atoms with van der Waals surface area (Å²) in [5.41, 5.74) is 0.537. The Labute approximate surface area is 133 Å². The molecule has 22 heavy (non-hydrogen) atoms. The number of carbonyl (C=O) groups is 2. The lowest BCUT2D eigenvalue weighted by Crippen LogP contribution is -2.40. The first-order valence-electron chi connectivity index (χ1n) is 8.39. The highest BCUT2D eigenvalue weighted by Crippen LogP contribution is 2.67. The van der Waals surface area contributed by atoms with Gasteiger partial charge in [-0.2, -0.15) is 0 Å². The third kappa shape index (κ3) is 3.45. The van der Waals surface area contributed by atoms with Crippen LogP contribution in [0.5, 0.6) is 0 Å². The van der Waals surface area contributed by atoms with Gasteiger partial charge in [0.2, 0.25) is 11.8 Å². The third-order valence-electron chi connectivity index (χ3n) is 6.21. The monoisotopic (exact) mass is 310 g/mol. The minimum absolute atomic E-state index is 0.0223. The molecular formula is C17H30N2O3. The SMILES string of the molecule is CC1(C)C(CNC(=O)CCC(=O)N2CCC(O)CC2)C1(C)C. The Morgan fingerprint density at radius 3 is 2.14 bits per heavy atom. The van der Waals surface area contributed by atoms with Crippen molar-refractivity contribution in [3.8, 4) is 0 Å². The second-order valence-electron chi connectivity index (χ2n) is 7.91. The Kier molecular flexibility index (Phi) is 4.85. The van der Waals surface area contributed by atoms with Gasteiger partial charge in [-0.1, -0.05) is 27.7 Å². The van der Waals surface area contributed by atoms with Crippen molar-refractivity contribution in [1.29, 1.82) is 0 Å². The fraction of sp³-hybridized carbons (Fsp3) is 0.882. The third-order valence-corrected chi connectivity index (χ3v) is 6.21. The van der Waals surface area contributed by atoms with Gasteiger partial charge in [-0.3, -0.25) is 9.59 Å². The quantitative estimate of drug-likeness (QED) is 0.809. The van der Waals surface area contributed by atoms with Gasteiger partial charge in [-0.15, -0.1) is 0 Å². The van der Waals surface area contributed by atoms with Crippen LogP contribution in [0.2, 0.25) is 0 Å². The fourth-order valence-electron chi connectivity index (χ4n) is 3.64. The number of nitrogens with one attached hydrogen (secondary N) is 1. The molecule has 0 spiro atoms. The van der Waals surface area contributed by atoms with E-state index in [0.717, 1.165) is 0 Å². The predicted octanol–water partition coefficient (Wildman–Crippen LogP) is 1.55. The summed E-state index contributed by atoms with van der Waals surface area (Å²) < 4.78 is 0. The Hall–Kier alpha value is -1.10. The van der Waals surface area contributed by atoms with Gasteiger partial charge in [0.05, 0.1) is 6.10 Å². The molecular weight excluding hydrogens is 280 g/mol. The van der Waals surface area contributed by atoms with Crippen molar-refractivity contribution >= 4 is 11.8 Å². The molecule has 126 valence electrons. The maximum atomic E-state index is 12.0. The molecule has 0 unspecified atom stereocenters. The molecule has 0 radical (unpaired) electrons. The van der Waals surface area contributed by atoms with Crippen LogP contribution in [0.4, 0.5) is 0 Å². The van der Waals surface area contributed by atoms with Crippen molar-refractivity contribution < 1.29 is 14.7 Å². The molecule has 5 heteroatoms. The van der Waals surface area contributed by atoms with E-state index in [1.165, 1.54) is 0 Å². The summed E-state index contributed by atoms with van der Waals surface area (Å²) in [6.45, 7) is 10.8. The van der Waals surface area contributed by atoms with E-state index in [1.54, 1.807) is 4.90 Å². The van der Waals surface area contributed by atoms with Gasteiger partial charge < -0.3 is 15.3 Å². The Morgan fingerprint density at radius 2 is 1.64 bits per heavy atom. The van der Waals surface area contributed by atoms with Gasteiger partial charge in [0.25, 0.3) is 0 Å². The highest BCUT2D eigenvalue weighted by atomic mass is 16.3. The van der Waals surface area contributed by atoms with Crippen LogP contribution in [-0.2, 0) is 9.59 Å². The molecule has 2 rings (SSSR count). The first-order valence-corrected chi connectivity index (χ1v) is 8.39. The van der Waals surface area contributed by atoms with Crippen LogP contribution in [0, 0.1) is 16.7 Å². The lowest BCUT2D eigenvalue weighted by molar-refractivity contribution is -0.135. The van der Waals surface area contributed by atoms with Crippen LogP contribution in [-0.4, -0.2) is 47.6 Å². The summed E-state index contributed by atoms with van der Waals surface area (Å²) in [6.07, 6.45) is 1.52. The van der Waals surface area contributed by atoms with Crippen LogP contribution in [0.25, 0.3) is 0 Å². The Balaban J connectivity index is 1.65. The number of likely N-dealkylation sites (tertiary alicyclic amines) is 1. The molecule has 1 saturated carbocycles. The van der Waals surface area contributed by atoms with E-state index in [9.17, 15) is 14.7 Å². The second kappa shape index (κ2) is 6.19. The van der Waals surface area contributed by atoms with Crippen LogP contribution in [0.15, 0.2) is 0 Å². The molecule has 1 aliphatic carbocycles. The van der Waals surface area contributed by atoms with Crippen molar-refractivity contribution in [3.63, 3.8) is 0 Å². The molecule has 0 bridgehead atoms. The summed E-state index contributed by atoms with van der Waals surface area (Å²) in [5, 5.41) is 12.4. The summed E-state index contributed by atoms with van der Waals surface area (Å²) in [4.78, 5) is 25.7. The lowest BCUT2D eigenvalue weighted by Gasteiger charge is -2.29. The molecule has 5 nitrogen and oxygen atoms in total. The maximum absolute atomic E-state index is 12.0. The van der Waals surface area contributed by atoms with Crippen LogP contribution in [0.3, 0.4) is 0 Å². The standard InChI is InChI=1S/C17H30N2O3/c1-16(2)13(17(16,3)4)11-18-14(21)5-6-15(22)19-9-7-12(20)8-10-19/h12-13,20H,5-11H2,1-4H3,(H,18,21). The highest BCUT2D eigenvalue weighted by molar-refractivity contribution is 5.83. The molecule has 1 heterocycles. The number of hydrogen-bond acceptors (Lipinski definition) is 3. The van der Waals surface area contributed by atoms with Crippen molar-refractivity contribution in [1.82, 2.24) is 10.2 Å². The number of rotatable bonds is 5. The van der Waals surface area contributed by atoms with Gasteiger partial charge >= 0.3 is 0 Å². The zero-order valence-electron chi connectivity index (χ0n) is 14.3. The smallest absolute Gasteiger partial charge is 0.223 e. The molecule has 0 aromatic heterocycles. The zero-order valence-corrected chi connectivity index (χ0v) is 14.3. The first kappa shape index (κ1) is 17.3. The van der Waals surface area contributed by atoms with E-state index in [4.69, 9.17) is 0 Å². The highest BCUT2D eigenvalue weighted by Gasteiger charge is 2.64. The average Bonchev–Trinajstić information content (AvgIpc) is 2.84.